The Kier molecular flexibility index (Phi) is 6.45. The van der Waals surface area contributed by atoms with Crippen molar-refractivity contribution in [3.8, 4) is 0 Å². The standard InChI is InChI=1S/C15H26N2O4/c18-14(6-10-21-13-3-7-16-8-4-13)17-9-5-12(11-17)1-2-15(19)20/h12-13,16H,1-11H2,(H,19,20). The van der Waals surface area contributed by atoms with Crippen molar-refractivity contribution in [2.75, 3.05) is 32.8 Å². The Morgan fingerprint density at radius 2 is 1.95 bits per heavy atom. The minimum atomic E-state index is -0.754. The number of aliphatic carboxylic acids is 1. The Morgan fingerprint density at radius 1 is 1.19 bits per heavy atom. The van der Waals surface area contributed by atoms with Crippen LogP contribution in [0.1, 0.15) is 38.5 Å². The summed E-state index contributed by atoms with van der Waals surface area (Å²) in [5.41, 5.74) is 0. The van der Waals surface area contributed by atoms with Gasteiger partial charge in [0.2, 0.25) is 5.91 Å². The summed E-state index contributed by atoms with van der Waals surface area (Å²) in [5.74, 6) is -0.271. The van der Waals surface area contributed by atoms with Gasteiger partial charge in [-0.1, -0.05) is 0 Å². The Hall–Kier alpha value is -1.14. The van der Waals surface area contributed by atoms with Crippen molar-refractivity contribution in [3.05, 3.63) is 0 Å². The van der Waals surface area contributed by atoms with Crippen LogP contribution in [0.25, 0.3) is 0 Å². The van der Waals surface area contributed by atoms with Crippen LogP contribution < -0.4 is 5.32 Å². The summed E-state index contributed by atoms with van der Waals surface area (Å²) in [6, 6.07) is 0. The number of likely N-dealkylation sites (tertiary alicyclic amines) is 1. The van der Waals surface area contributed by atoms with Gasteiger partial charge in [0.15, 0.2) is 0 Å². The number of carbonyl (C=O) groups excluding carboxylic acids is 1. The highest BCUT2D eigenvalue weighted by Crippen LogP contribution is 2.21. The Labute approximate surface area is 125 Å². The highest BCUT2D eigenvalue weighted by molar-refractivity contribution is 5.76. The van der Waals surface area contributed by atoms with Gasteiger partial charge < -0.3 is 20.1 Å². The highest BCUT2D eigenvalue weighted by atomic mass is 16.5. The maximum absolute atomic E-state index is 12.1. The van der Waals surface area contributed by atoms with Crippen LogP contribution in [0.5, 0.6) is 0 Å². The van der Waals surface area contributed by atoms with Crippen LogP contribution in [0.15, 0.2) is 0 Å². The zero-order valence-corrected chi connectivity index (χ0v) is 12.6. The number of nitrogens with zero attached hydrogens (tertiary/aromatic N) is 1. The van der Waals surface area contributed by atoms with Crippen LogP contribution in [-0.2, 0) is 14.3 Å². The second kappa shape index (κ2) is 8.34. The lowest BCUT2D eigenvalue weighted by molar-refractivity contribution is -0.137. The zero-order chi connectivity index (χ0) is 15.1. The number of piperidine rings is 1. The maximum Gasteiger partial charge on any atom is 0.303 e. The van der Waals surface area contributed by atoms with Gasteiger partial charge in [-0.3, -0.25) is 9.59 Å². The van der Waals surface area contributed by atoms with Gasteiger partial charge in [0.05, 0.1) is 19.1 Å². The van der Waals surface area contributed by atoms with E-state index in [0.29, 0.717) is 38.0 Å². The van der Waals surface area contributed by atoms with Crippen LogP contribution in [0, 0.1) is 5.92 Å². The van der Waals surface area contributed by atoms with Gasteiger partial charge in [0.1, 0.15) is 0 Å². The number of rotatable bonds is 7. The van der Waals surface area contributed by atoms with Gasteiger partial charge in [0.25, 0.3) is 0 Å². The fraction of sp³-hybridized carbons (Fsp3) is 0.867. The average molecular weight is 298 g/mol. The summed E-state index contributed by atoms with van der Waals surface area (Å²) >= 11 is 0. The second-order valence-corrected chi connectivity index (χ2v) is 6.00. The molecule has 0 aromatic carbocycles. The van der Waals surface area contributed by atoms with E-state index in [4.69, 9.17) is 9.84 Å². The van der Waals surface area contributed by atoms with Crippen molar-refractivity contribution in [2.24, 2.45) is 5.92 Å². The molecule has 1 atom stereocenters. The van der Waals surface area contributed by atoms with E-state index in [1.807, 2.05) is 4.90 Å². The van der Waals surface area contributed by atoms with E-state index in [-0.39, 0.29) is 12.3 Å². The summed E-state index contributed by atoms with van der Waals surface area (Å²) in [7, 11) is 0. The molecule has 0 aliphatic carbocycles. The summed E-state index contributed by atoms with van der Waals surface area (Å²) in [5, 5.41) is 12.0. The summed E-state index contributed by atoms with van der Waals surface area (Å²) in [6.45, 7) is 3.96. The number of amides is 1. The summed E-state index contributed by atoms with van der Waals surface area (Å²) in [4.78, 5) is 24.5. The van der Waals surface area contributed by atoms with Crippen LogP contribution in [0.2, 0.25) is 0 Å². The number of carboxylic acid groups (broad SMARTS) is 1. The summed E-state index contributed by atoms with van der Waals surface area (Å²) in [6.07, 6.45) is 4.57. The lowest BCUT2D eigenvalue weighted by Gasteiger charge is -2.23. The van der Waals surface area contributed by atoms with E-state index in [1.54, 1.807) is 0 Å². The molecular formula is C15H26N2O4. The van der Waals surface area contributed by atoms with Crippen molar-refractivity contribution < 1.29 is 19.4 Å². The fourth-order valence-electron chi connectivity index (χ4n) is 3.06. The summed E-state index contributed by atoms with van der Waals surface area (Å²) < 4.78 is 5.75. The molecule has 2 fully saturated rings. The third-order valence-electron chi connectivity index (χ3n) is 4.36. The average Bonchev–Trinajstić information content (AvgIpc) is 2.95. The first kappa shape index (κ1) is 16.2. The number of nitrogens with one attached hydrogen (secondary N) is 1. The monoisotopic (exact) mass is 298 g/mol. The smallest absolute Gasteiger partial charge is 0.303 e. The largest absolute Gasteiger partial charge is 0.481 e. The molecule has 0 spiro atoms. The van der Waals surface area contributed by atoms with E-state index in [2.05, 4.69) is 5.32 Å². The van der Waals surface area contributed by atoms with E-state index < -0.39 is 5.97 Å². The molecule has 0 aromatic heterocycles. The van der Waals surface area contributed by atoms with Crippen LogP contribution >= 0.6 is 0 Å². The van der Waals surface area contributed by atoms with E-state index in [0.717, 1.165) is 38.9 Å². The number of ether oxygens (including phenoxy) is 1. The SMILES string of the molecule is O=C(O)CCC1CCN(C(=O)CCOC2CCNCC2)C1. The predicted molar refractivity (Wildman–Crippen MR) is 78.0 cm³/mol. The highest BCUT2D eigenvalue weighted by Gasteiger charge is 2.26. The number of hydrogen-bond acceptors (Lipinski definition) is 4. The molecule has 2 aliphatic heterocycles. The molecule has 2 heterocycles. The van der Waals surface area contributed by atoms with Gasteiger partial charge in [-0.15, -0.1) is 0 Å². The quantitative estimate of drug-likeness (QED) is 0.729. The lowest BCUT2D eigenvalue weighted by atomic mass is 10.0. The third kappa shape index (κ3) is 5.63. The second-order valence-electron chi connectivity index (χ2n) is 6.00. The van der Waals surface area contributed by atoms with Crippen LogP contribution in [0.4, 0.5) is 0 Å². The predicted octanol–water partition coefficient (Wildman–Crippen LogP) is 0.858. The zero-order valence-electron chi connectivity index (χ0n) is 12.6. The van der Waals surface area contributed by atoms with Crippen molar-refractivity contribution in [3.63, 3.8) is 0 Å². The molecule has 2 N–H and O–H groups in total. The van der Waals surface area contributed by atoms with Crippen molar-refractivity contribution in [1.82, 2.24) is 10.2 Å². The first-order valence-corrected chi connectivity index (χ1v) is 7.97. The molecule has 2 aliphatic rings. The van der Waals surface area contributed by atoms with E-state index in [9.17, 15) is 9.59 Å². The molecule has 2 rings (SSSR count). The minimum Gasteiger partial charge on any atom is -0.481 e. The minimum absolute atomic E-state index is 0.141. The molecule has 6 nitrogen and oxygen atoms in total. The molecule has 1 unspecified atom stereocenters. The van der Waals surface area contributed by atoms with Crippen molar-refractivity contribution >= 4 is 11.9 Å². The Bertz CT molecular complexity index is 356. The topological polar surface area (TPSA) is 78.9 Å². The normalized spacial score (nSPS) is 23.4. The number of carboxylic acids is 1. The fourth-order valence-corrected chi connectivity index (χ4v) is 3.06. The van der Waals surface area contributed by atoms with E-state index >= 15 is 0 Å². The molecule has 0 bridgehead atoms. The van der Waals surface area contributed by atoms with Gasteiger partial charge in [-0.25, -0.2) is 0 Å². The van der Waals surface area contributed by atoms with Crippen LogP contribution in [0.3, 0.4) is 0 Å². The van der Waals surface area contributed by atoms with Crippen molar-refractivity contribution in [1.29, 1.82) is 0 Å². The van der Waals surface area contributed by atoms with Gasteiger partial charge in [-0.05, 0) is 44.7 Å². The molecule has 1 amide bonds. The van der Waals surface area contributed by atoms with Gasteiger partial charge in [0, 0.05) is 19.5 Å². The molecule has 120 valence electrons. The molecule has 6 heteroatoms. The maximum atomic E-state index is 12.1. The molecule has 21 heavy (non-hydrogen) atoms. The van der Waals surface area contributed by atoms with Crippen LogP contribution in [-0.4, -0.2) is 60.8 Å². The van der Waals surface area contributed by atoms with Crippen molar-refractivity contribution in [2.45, 2.75) is 44.6 Å². The lowest BCUT2D eigenvalue weighted by Crippen LogP contribution is -2.34. The molecule has 2 saturated heterocycles. The van der Waals surface area contributed by atoms with E-state index in [1.165, 1.54) is 0 Å². The first-order valence-electron chi connectivity index (χ1n) is 7.97. The Balaban J connectivity index is 1.59. The third-order valence-corrected chi connectivity index (χ3v) is 4.36. The number of hydrogen-bond donors (Lipinski definition) is 2. The molecule has 0 aromatic rings. The molecular weight excluding hydrogens is 272 g/mol. The Morgan fingerprint density at radius 3 is 2.67 bits per heavy atom. The van der Waals surface area contributed by atoms with Gasteiger partial charge in [-0.2, -0.15) is 0 Å². The van der Waals surface area contributed by atoms with Gasteiger partial charge >= 0.3 is 5.97 Å². The molecule has 0 saturated carbocycles. The number of carbonyl (C=O) groups is 2. The first-order chi connectivity index (χ1) is 10.1. The molecule has 0 radical (unpaired) electrons.